The summed E-state index contributed by atoms with van der Waals surface area (Å²) in [5.41, 5.74) is 7.58. The number of rotatable bonds is 6. The Balaban J connectivity index is 1.63. The van der Waals surface area contributed by atoms with E-state index in [1.54, 1.807) is 0 Å². The molecule has 24 heavy (non-hydrogen) atoms. The highest BCUT2D eigenvalue weighted by Crippen LogP contribution is 2.39. The highest BCUT2D eigenvalue weighted by molar-refractivity contribution is 5.94. The average molecular weight is 330 g/mol. The first-order valence-electron chi connectivity index (χ1n) is 9.02. The van der Waals surface area contributed by atoms with Gasteiger partial charge in [-0.15, -0.1) is 0 Å². The molecule has 1 heterocycles. The number of benzene rings is 1. The summed E-state index contributed by atoms with van der Waals surface area (Å²) in [6.45, 7) is 7.85. The zero-order valence-electron chi connectivity index (χ0n) is 14.9. The largest absolute Gasteiger partial charge is 0.345 e. The maximum atomic E-state index is 12.7. The van der Waals surface area contributed by atoms with Gasteiger partial charge in [-0.05, 0) is 50.4 Å². The minimum absolute atomic E-state index is 0.00456. The van der Waals surface area contributed by atoms with Crippen LogP contribution in [0.3, 0.4) is 0 Å². The van der Waals surface area contributed by atoms with E-state index in [1.165, 1.54) is 5.56 Å². The van der Waals surface area contributed by atoms with Gasteiger partial charge in [-0.25, -0.2) is 0 Å². The zero-order chi connectivity index (χ0) is 17.2. The number of hydrogen-bond donors (Lipinski definition) is 2. The Morgan fingerprint density at radius 2 is 2.00 bits per heavy atom. The molecule has 0 spiro atoms. The van der Waals surface area contributed by atoms with Crippen molar-refractivity contribution in [1.82, 2.24) is 15.1 Å². The van der Waals surface area contributed by atoms with E-state index in [0.717, 1.165) is 51.1 Å². The molecule has 1 unspecified atom stereocenters. The molecule has 1 aliphatic heterocycles. The molecule has 3 rings (SSSR count). The van der Waals surface area contributed by atoms with Crippen LogP contribution >= 0.6 is 0 Å². The number of nitrogens with zero attached hydrogens (tertiary/aromatic N) is 2. The van der Waals surface area contributed by atoms with Gasteiger partial charge >= 0.3 is 0 Å². The molecule has 1 amide bonds. The van der Waals surface area contributed by atoms with E-state index >= 15 is 0 Å². The van der Waals surface area contributed by atoms with Crippen molar-refractivity contribution in [2.24, 2.45) is 11.7 Å². The van der Waals surface area contributed by atoms with E-state index < -0.39 is 0 Å². The van der Waals surface area contributed by atoms with Gasteiger partial charge in [0.1, 0.15) is 0 Å². The molecule has 0 aromatic heterocycles. The first kappa shape index (κ1) is 17.4. The number of likely N-dealkylation sites (N-methyl/N-ethyl adjacent to an activating group) is 1. The van der Waals surface area contributed by atoms with Crippen LogP contribution in [0.15, 0.2) is 24.3 Å². The Bertz CT molecular complexity index is 578. The van der Waals surface area contributed by atoms with E-state index in [9.17, 15) is 4.79 Å². The topological polar surface area (TPSA) is 61.6 Å². The predicted molar refractivity (Wildman–Crippen MR) is 96.9 cm³/mol. The predicted octanol–water partition coefficient (Wildman–Crippen LogP) is 1.29. The number of amides is 1. The molecular formula is C19H30N4O. The molecule has 0 bridgehead atoms. The fraction of sp³-hybridized carbons (Fsp3) is 0.632. The molecule has 5 heteroatoms. The lowest BCUT2D eigenvalue weighted by Crippen LogP contribution is -2.53. The summed E-state index contributed by atoms with van der Waals surface area (Å²) in [5, 5.41) is 3.17. The number of carbonyl (C=O) groups excluding carboxylic acids is 1. The summed E-state index contributed by atoms with van der Waals surface area (Å²) in [4.78, 5) is 17.5. The second-order valence-electron chi connectivity index (χ2n) is 7.63. The van der Waals surface area contributed by atoms with E-state index in [2.05, 4.69) is 35.2 Å². The third-order valence-corrected chi connectivity index (χ3v) is 5.49. The Morgan fingerprint density at radius 3 is 2.62 bits per heavy atom. The molecule has 1 aliphatic carbocycles. The van der Waals surface area contributed by atoms with Gasteiger partial charge in [0.25, 0.3) is 5.91 Å². The molecule has 1 saturated carbocycles. The Labute approximate surface area is 145 Å². The molecule has 132 valence electrons. The number of nitrogens with one attached hydrogen (secondary N) is 1. The minimum atomic E-state index is -0.273. The Morgan fingerprint density at radius 1 is 1.29 bits per heavy atom. The molecule has 1 atom stereocenters. The third kappa shape index (κ3) is 4.15. The van der Waals surface area contributed by atoms with Crippen molar-refractivity contribution in [3.8, 4) is 0 Å². The van der Waals surface area contributed by atoms with Crippen LogP contribution in [0.25, 0.3) is 0 Å². The first-order valence-corrected chi connectivity index (χ1v) is 9.02. The van der Waals surface area contributed by atoms with Crippen LogP contribution in [0.5, 0.6) is 0 Å². The lowest BCUT2D eigenvalue weighted by molar-refractivity contribution is 0.0897. The van der Waals surface area contributed by atoms with Gasteiger partial charge in [-0.1, -0.05) is 12.1 Å². The summed E-state index contributed by atoms with van der Waals surface area (Å²) in [6.07, 6.45) is 2.33. The van der Waals surface area contributed by atoms with Gasteiger partial charge in [-0.2, -0.15) is 0 Å². The fourth-order valence-electron chi connectivity index (χ4n) is 3.45. The van der Waals surface area contributed by atoms with Gasteiger partial charge in [-0.3, -0.25) is 9.69 Å². The second kappa shape index (κ2) is 7.21. The molecular weight excluding hydrogens is 300 g/mol. The molecule has 0 radical (unpaired) electrons. The minimum Gasteiger partial charge on any atom is -0.345 e. The van der Waals surface area contributed by atoms with Crippen LogP contribution in [0.4, 0.5) is 0 Å². The lowest BCUT2D eigenvalue weighted by atomic mass is 9.95. The molecule has 2 aliphatic rings. The van der Waals surface area contributed by atoms with Crippen LogP contribution in [0, 0.1) is 5.92 Å². The maximum Gasteiger partial charge on any atom is 0.251 e. The van der Waals surface area contributed by atoms with Crippen molar-refractivity contribution < 1.29 is 4.79 Å². The van der Waals surface area contributed by atoms with Crippen molar-refractivity contribution in [1.29, 1.82) is 0 Å². The number of piperazine rings is 1. The summed E-state index contributed by atoms with van der Waals surface area (Å²) >= 11 is 0. The van der Waals surface area contributed by atoms with Gasteiger partial charge < -0.3 is 16.0 Å². The molecule has 1 aromatic carbocycles. The summed E-state index contributed by atoms with van der Waals surface area (Å²) in [6, 6.07) is 8.01. The van der Waals surface area contributed by atoms with E-state index in [-0.39, 0.29) is 11.4 Å². The highest BCUT2D eigenvalue weighted by Gasteiger charge is 2.41. The number of hydrogen-bond acceptors (Lipinski definition) is 4. The molecule has 3 N–H and O–H groups in total. The molecule has 5 nitrogen and oxygen atoms in total. The standard InChI is InChI=1S/C19H30N4O/c1-19(14-20,17-6-7-17)21-18(24)16-5-3-4-15(12-16)13-23-10-8-22(2)9-11-23/h3-5,12,17H,6-11,13-14,20H2,1-2H3,(H,21,24). The number of carbonyl (C=O) groups is 1. The van der Waals surface area contributed by atoms with Crippen LogP contribution in [-0.2, 0) is 6.54 Å². The Kier molecular flexibility index (Phi) is 5.23. The highest BCUT2D eigenvalue weighted by atomic mass is 16.1. The SMILES string of the molecule is CN1CCN(Cc2cccc(C(=O)NC(C)(CN)C3CC3)c2)CC1. The van der Waals surface area contributed by atoms with Crippen LogP contribution < -0.4 is 11.1 Å². The van der Waals surface area contributed by atoms with Crippen LogP contribution in [0.1, 0.15) is 35.7 Å². The maximum absolute atomic E-state index is 12.7. The van der Waals surface area contributed by atoms with Crippen LogP contribution in [0.2, 0.25) is 0 Å². The van der Waals surface area contributed by atoms with E-state index in [0.29, 0.717) is 12.5 Å². The Hall–Kier alpha value is -1.43. The lowest BCUT2D eigenvalue weighted by Gasteiger charge is -2.32. The fourth-order valence-corrected chi connectivity index (χ4v) is 3.45. The van der Waals surface area contributed by atoms with Crippen molar-refractivity contribution in [2.75, 3.05) is 39.8 Å². The summed E-state index contributed by atoms with van der Waals surface area (Å²) in [7, 11) is 2.16. The summed E-state index contributed by atoms with van der Waals surface area (Å²) < 4.78 is 0. The van der Waals surface area contributed by atoms with Crippen molar-refractivity contribution in [2.45, 2.75) is 31.8 Å². The first-order chi connectivity index (χ1) is 11.5. The molecule has 1 saturated heterocycles. The van der Waals surface area contributed by atoms with Gasteiger partial charge in [0.15, 0.2) is 0 Å². The average Bonchev–Trinajstić information content (AvgIpc) is 3.42. The normalized spacial score (nSPS) is 22.1. The summed E-state index contributed by atoms with van der Waals surface area (Å²) in [5.74, 6) is 0.523. The monoisotopic (exact) mass is 330 g/mol. The zero-order valence-corrected chi connectivity index (χ0v) is 14.9. The van der Waals surface area contributed by atoms with Crippen molar-refractivity contribution in [3.05, 3.63) is 35.4 Å². The third-order valence-electron chi connectivity index (χ3n) is 5.49. The van der Waals surface area contributed by atoms with Crippen molar-refractivity contribution >= 4 is 5.91 Å². The quantitative estimate of drug-likeness (QED) is 0.825. The van der Waals surface area contributed by atoms with E-state index in [4.69, 9.17) is 5.73 Å². The van der Waals surface area contributed by atoms with Gasteiger partial charge in [0, 0.05) is 44.8 Å². The smallest absolute Gasteiger partial charge is 0.251 e. The van der Waals surface area contributed by atoms with Crippen LogP contribution in [-0.4, -0.2) is 61.0 Å². The van der Waals surface area contributed by atoms with Crippen molar-refractivity contribution in [3.63, 3.8) is 0 Å². The second-order valence-corrected chi connectivity index (χ2v) is 7.63. The van der Waals surface area contributed by atoms with Gasteiger partial charge in [0.2, 0.25) is 0 Å². The van der Waals surface area contributed by atoms with E-state index in [1.807, 2.05) is 18.2 Å². The number of nitrogens with two attached hydrogens (primary N) is 1. The van der Waals surface area contributed by atoms with Gasteiger partial charge in [0.05, 0.1) is 5.54 Å². The molecule has 2 fully saturated rings. The molecule has 1 aromatic rings.